The molecule has 0 spiro atoms. The zero-order valence-electron chi connectivity index (χ0n) is 15.7. The predicted octanol–water partition coefficient (Wildman–Crippen LogP) is 2.22. The molecule has 0 radical (unpaired) electrons. The fraction of sp³-hybridized carbons (Fsp3) is 0.200. The molecule has 4 N–H and O–H groups in total. The number of carboxylic acid groups (broad SMARTS) is 2. The van der Waals surface area contributed by atoms with Gasteiger partial charge in [-0.25, -0.2) is 4.79 Å². The number of aliphatic carboxylic acids is 2. The topological polar surface area (TPSA) is 138 Å². The Hall–Kier alpha value is -2.82. The van der Waals surface area contributed by atoms with E-state index in [0.717, 1.165) is 26.5 Å². The minimum atomic E-state index is -1.45. The number of amides is 2. The number of carbonyl (C=O) groups is 4. The van der Waals surface area contributed by atoms with Crippen molar-refractivity contribution in [2.24, 2.45) is 5.73 Å². The van der Waals surface area contributed by atoms with E-state index >= 15 is 0 Å². The molecule has 0 heterocycles. The first kappa shape index (κ1) is 23.5. The summed E-state index contributed by atoms with van der Waals surface area (Å²) in [6, 6.07) is 13.3. The van der Waals surface area contributed by atoms with Crippen LogP contribution in [-0.2, 0) is 9.59 Å². The molecule has 2 atom stereocenters. The van der Waals surface area contributed by atoms with Crippen molar-refractivity contribution in [3.05, 3.63) is 71.8 Å². The summed E-state index contributed by atoms with van der Waals surface area (Å²) in [7, 11) is 2.10. The minimum absolute atomic E-state index is 0.0472. The van der Waals surface area contributed by atoms with Crippen molar-refractivity contribution in [2.75, 3.05) is 11.5 Å². The van der Waals surface area contributed by atoms with Crippen molar-refractivity contribution in [3.8, 4) is 0 Å². The molecule has 2 aromatic carbocycles. The Kier molecular flexibility index (Phi) is 8.90. The zero-order valence-corrected chi connectivity index (χ0v) is 17.3. The summed E-state index contributed by atoms with van der Waals surface area (Å²) >= 11 is 0. The third kappa shape index (κ3) is 6.34. The molecule has 0 saturated carbocycles. The smallest absolute Gasteiger partial charge is 0.327 e. The lowest BCUT2D eigenvalue weighted by Gasteiger charge is -2.27. The monoisotopic (exact) mass is 448 g/mol. The summed E-state index contributed by atoms with van der Waals surface area (Å²) in [6.45, 7) is 0. The van der Waals surface area contributed by atoms with Crippen LogP contribution >= 0.6 is 21.6 Å². The van der Waals surface area contributed by atoms with Crippen LogP contribution in [0.15, 0.2) is 60.7 Å². The maximum atomic E-state index is 13.1. The van der Waals surface area contributed by atoms with Gasteiger partial charge in [-0.05, 0) is 24.3 Å². The van der Waals surface area contributed by atoms with Gasteiger partial charge in [0.25, 0.3) is 11.8 Å². The molecule has 2 amide bonds. The fourth-order valence-electron chi connectivity index (χ4n) is 2.38. The second-order valence-corrected chi connectivity index (χ2v) is 8.63. The molecule has 0 aliphatic carbocycles. The fourth-order valence-corrected chi connectivity index (χ4v) is 4.68. The van der Waals surface area contributed by atoms with Crippen LogP contribution in [0.3, 0.4) is 0 Å². The van der Waals surface area contributed by atoms with Gasteiger partial charge in [0.1, 0.15) is 12.1 Å². The summed E-state index contributed by atoms with van der Waals surface area (Å²) < 4.78 is 0. The van der Waals surface area contributed by atoms with Gasteiger partial charge in [-0.2, -0.15) is 0 Å². The van der Waals surface area contributed by atoms with Gasteiger partial charge in [0.15, 0.2) is 0 Å². The molecule has 0 bridgehead atoms. The molecule has 0 fully saturated rings. The number of hydrogen-bond donors (Lipinski definition) is 3. The van der Waals surface area contributed by atoms with E-state index in [-0.39, 0.29) is 22.6 Å². The zero-order chi connectivity index (χ0) is 22.1. The van der Waals surface area contributed by atoms with Crippen LogP contribution in [0.2, 0.25) is 0 Å². The number of imide groups is 1. The number of hydrogen-bond acceptors (Lipinski definition) is 7. The molecule has 8 nitrogen and oxygen atoms in total. The average Bonchev–Trinajstić information content (AvgIpc) is 2.75. The Morgan fingerprint density at radius 3 is 1.60 bits per heavy atom. The van der Waals surface area contributed by atoms with E-state index in [1.54, 1.807) is 36.4 Å². The predicted molar refractivity (Wildman–Crippen MR) is 115 cm³/mol. The molecule has 10 heteroatoms. The number of nitrogens with zero attached hydrogens (tertiary/aromatic N) is 1. The normalized spacial score (nSPS) is 12.6. The van der Waals surface area contributed by atoms with Gasteiger partial charge in [0, 0.05) is 22.6 Å². The maximum Gasteiger partial charge on any atom is 0.327 e. The average molecular weight is 449 g/mol. The summed E-state index contributed by atoms with van der Waals surface area (Å²) in [6.07, 6.45) is 0. The summed E-state index contributed by atoms with van der Waals surface area (Å²) in [5.74, 6) is -4.07. The Balaban J connectivity index is 2.27. The lowest BCUT2D eigenvalue weighted by atomic mass is 10.1. The maximum absolute atomic E-state index is 13.1. The molecule has 2 aromatic rings. The molecule has 158 valence electrons. The first-order valence-corrected chi connectivity index (χ1v) is 11.2. The second kappa shape index (κ2) is 11.4. The first-order chi connectivity index (χ1) is 14.3. The lowest BCUT2D eigenvalue weighted by Crippen LogP contribution is -2.50. The quantitative estimate of drug-likeness (QED) is 0.284. The summed E-state index contributed by atoms with van der Waals surface area (Å²) in [5, 5.41) is 18.6. The van der Waals surface area contributed by atoms with E-state index in [2.05, 4.69) is 0 Å². The van der Waals surface area contributed by atoms with Crippen molar-refractivity contribution in [2.45, 2.75) is 12.1 Å². The van der Waals surface area contributed by atoms with E-state index in [0.29, 0.717) is 0 Å². The van der Waals surface area contributed by atoms with Crippen molar-refractivity contribution >= 4 is 45.3 Å². The third-order valence-corrected chi connectivity index (χ3v) is 6.38. The van der Waals surface area contributed by atoms with Crippen molar-refractivity contribution in [3.63, 3.8) is 0 Å². The van der Waals surface area contributed by atoms with E-state index in [4.69, 9.17) is 10.8 Å². The van der Waals surface area contributed by atoms with Crippen LogP contribution in [0.25, 0.3) is 0 Å². The highest BCUT2D eigenvalue weighted by Gasteiger charge is 2.36. The van der Waals surface area contributed by atoms with Crippen LogP contribution in [-0.4, -0.2) is 62.5 Å². The molecule has 30 heavy (non-hydrogen) atoms. The Labute approximate surface area is 180 Å². The highest BCUT2D eigenvalue weighted by molar-refractivity contribution is 8.76. The van der Waals surface area contributed by atoms with Crippen LogP contribution in [0.1, 0.15) is 20.7 Å². The van der Waals surface area contributed by atoms with Gasteiger partial charge in [-0.1, -0.05) is 58.0 Å². The number of nitrogens with two attached hydrogens (primary N) is 1. The van der Waals surface area contributed by atoms with Gasteiger partial charge >= 0.3 is 11.9 Å². The molecular weight excluding hydrogens is 428 g/mol. The highest BCUT2D eigenvalue weighted by atomic mass is 33.1. The van der Waals surface area contributed by atoms with Crippen LogP contribution in [0.5, 0.6) is 0 Å². The number of carbonyl (C=O) groups excluding carboxylic acids is 2. The third-order valence-electron chi connectivity index (χ3n) is 3.95. The lowest BCUT2D eigenvalue weighted by molar-refractivity contribution is -0.141. The largest absolute Gasteiger partial charge is 0.480 e. The van der Waals surface area contributed by atoms with E-state index < -0.39 is 35.8 Å². The standard InChI is InChI=1S/C20H20N2O6S2/c21-15(19(25)26)11-29-30-12-16(20(27)28)22(17(23)13-7-3-1-4-8-13)18(24)14-9-5-2-6-10-14/h1-10,15-16H,11-12,21H2,(H,25,26)(H,27,28)/t15?,16-/m0/s1. The van der Waals surface area contributed by atoms with Gasteiger partial charge in [-0.3, -0.25) is 19.3 Å². The van der Waals surface area contributed by atoms with Gasteiger partial charge < -0.3 is 15.9 Å². The van der Waals surface area contributed by atoms with Crippen molar-refractivity contribution in [1.29, 1.82) is 0 Å². The van der Waals surface area contributed by atoms with Crippen molar-refractivity contribution in [1.82, 2.24) is 4.90 Å². The highest BCUT2D eigenvalue weighted by Crippen LogP contribution is 2.26. The first-order valence-electron chi connectivity index (χ1n) is 8.76. The van der Waals surface area contributed by atoms with Crippen LogP contribution in [0.4, 0.5) is 0 Å². The van der Waals surface area contributed by atoms with Gasteiger partial charge in [-0.15, -0.1) is 0 Å². The van der Waals surface area contributed by atoms with E-state index in [1.165, 1.54) is 24.3 Å². The van der Waals surface area contributed by atoms with Crippen LogP contribution < -0.4 is 5.73 Å². The molecule has 0 aromatic heterocycles. The molecule has 0 aliphatic rings. The molecule has 0 saturated heterocycles. The molecule has 1 unspecified atom stereocenters. The summed E-state index contributed by atoms with van der Waals surface area (Å²) in [5.41, 5.74) is 5.79. The molecule has 2 rings (SSSR count). The van der Waals surface area contributed by atoms with E-state index in [1.807, 2.05) is 0 Å². The van der Waals surface area contributed by atoms with Gasteiger partial charge in [0.2, 0.25) is 0 Å². The SMILES string of the molecule is NC(CSSC[C@@H](C(=O)O)N(C(=O)c1ccccc1)C(=O)c1ccccc1)C(=O)O. The number of carboxylic acids is 2. The number of benzene rings is 2. The molecule has 0 aliphatic heterocycles. The van der Waals surface area contributed by atoms with Crippen molar-refractivity contribution < 1.29 is 29.4 Å². The number of rotatable bonds is 10. The Bertz CT molecular complexity index is 843. The van der Waals surface area contributed by atoms with E-state index in [9.17, 15) is 24.3 Å². The minimum Gasteiger partial charge on any atom is -0.480 e. The molecular formula is C20H20N2O6S2. The van der Waals surface area contributed by atoms with Gasteiger partial charge in [0.05, 0.1) is 0 Å². The Morgan fingerprint density at radius 2 is 1.20 bits per heavy atom. The van der Waals surface area contributed by atoms with Crippen LogP contribution in [0, 0.1) is 0 Å². The summed E-state index contributed by atoms with van der Waals surface area (Å²) in [4.78, 5) is 49.6. The second-order valence-electron chi connectivity index (χ2n) is 6.08. The Morgan fingerprint density at radius 1 is 0.767 bits per heavy atom.